The second kappa shape index (κ2) is 6.79. The molecule has 0 spiro atoms. The molecule has 1 aliphatic heterocycles. The van der Waals surface area contributed by atoms with Crippen LogP contribution in [0.5, 0.6) is 0 Å². The third-order valence-corrected chi connectivity index (χ3v) is 3.36. The average molecular weight is 236 g/mol. The Balaban J connectivity index is 1.51. The van der Waals surface area contributed by atoms with E-state index in [1.807, 2.05) is 6.20 Å². The molecular weight excluding hydrogens is 212 g/mol. The summed E-state index contributed by atoms with van der Waals surface area (Å²) < 4.78 is 0. The van der Waals surface area contributed by atoms with E-state index in [1.54, 1.807) is 0 Å². The van der Waals surface area contributed by atoms with E-state index in [0.29, 0.717) is 6.04 Å². The van der Waals surface area contributed by atoms with Gasteiger partial charge in [0.05, 0.1) is 0 Å². The first-order valence-electron chi connectivity index (χ1n) is 6.59. The van der Waals surface area contributed by atoms with Crippen LogP contribution in [0, 0.1) is 0 Å². The van der Waals surface area contributed by atoms with Crippen molar-refractivity contribution in [3.05, 3.63) is 24.0 Å². The Morgan fingerprint density at radius 3 is 3.18 bits per heavy atom. The van der Waals surface area contributed by atoms with Crippen molar-refractivity contribution in [1.82, 2.24) is 20.5 Å². The van der Waals surface area contributed by atoms with Gasteiger partial charge in [0.1, 0.15) is 0 Å². The van der Waals surface area contributed by atoms with E-state index in [2.05, 4.69) is 39.7 Å². The molecule has 0 radical (unpaired) electrons. The minimum Gasteiger partial charge on any atom is -0.365 e. The van der Waals surface area contributed by atoms with Crippen LogP contribution < -0.4 is 10.6 Å². The quantitative estimate of drug-likeness (QED) is 0.628. The summed E-state index contributed by atoms with van der Waals surface area (Å²) in [5, 5.41) is 7.07. The minimum absolute atomic E-state index is 0.659. The maximum atomic E-state index is 3.57. The molecule has 0 amide bonds. The zero-order valence-electron chi connectivity index (χ0n) is 10.7. The van der Waals surface area contributed by atoms with Gasteiger partial charge in [0.25, 0.3) is 0 Å². The number of aromatic nitrogens is 1. The summed E-state index contributed by atoms with van der Waals surface area (Å²) in [7, 11) is 2.20. The lowest BCUT2D eigenvalue weighted by Gasteiger charge is -2.30. The second-order valence-electron chi connectivity index (χ2n) is 4.90. The normalized spacial score (nSPS) is 21.8. The van der Waals surface area contributed by atoms with Crippen LogP contribution in [-0.2, 0) is 6.42 Å². The first-order chi connectivity index (χ1) is 8.34. The molecule has 0 aromatic carbocycles. The fourth-order valence-electron chi connectivity index (χ4n) is 2.33. The summed E-state index contributed by atoms with van der Waals surface area (Å²) in [6, 6.07) is 4.85. The topological polar surface area (TPSA) is 43.1 Å². The van der Waals surface area contributed by atoms with Crippen LogP contribution in [0.25, 0.3) is 0 Å². The van der Waals surface area contributed by atoms with Crippen molar-refractivity contribution in [2.45, 2.75) is 18.9 Å². The predicted octanol–water partition coefficient (Wildman–Crippen LogP) is 0.441. The number of piperazine rings is 1. The van der Waals surface area contributed by atoms with Crippen LogP contribution in [0.1, 0.15) is 12.1 Å². The van der Waals surface area contributed by atoms with E-state index in [4.69, 9.17) is 0 Å². The van der Waals surface area contributed by atoms with Crippen LogP contribution in [0.15, 0.2) is 18.3 Å². The highest BCUT2D eigenvalue weighted by Crippen LogP contribution is 1.99. The predicted molar refractivity (Wildman–Crippen MR) is 71.3 cm³/mol. The summed E-state index contributed by atoms with van der Waals surface area (Å²) >= 11 is 0. The second-order valence-corrected chi connectivity index (χ2v) is 4.90. The molecule has 1 saturated heterocycles. The fourth-order valence-corrected chi connectivity index (χ4v) is 2.33. The molecule has 96 valence electrons. The van der Waals surface area contributed by atoms with Gasteiger partial charge in [0, 0.05) is 44.1 Å². The summed E-state index contributed by atoms with van der Waals surface area (Å²) in [5.41, 5.74) is 1.31. The lowest BCUT2D eigenvalue weighted by molar-refractivity contribution is 0.231. The number of hydrogen-bond acceptors (Lipinski definition) is 3. The number of rotatable bonds is 6. The Kier molecular flexibility index (Phi) is 5.04. The summed E-state index contributed by atoms with van der Waals surface area (Å²) in [6.07, 6.45) is 4.29. The molecule has 1 unspecified atom stereocenters. The van der Waals surface area contributed by atoms with Crippen LogP contribution in [-0.4, -0.2) is 55.7 Å². The van der Waals surface area contributed by atoms with Crippen molar-refractivity contribution in [3.8, 4) is 0 Å². The minimum atomic E-state index is 0.659. The third-order valence-electron chi connectivity index (χ3n) is 3.36. The monoisotopic (exact) mass is 236 g/mol. The molecule has 17 heavy (non-hydrogen) atoms. The number of nitrogens with one attached hydrogen (secondary N) is 3. The Bertz CT molecular complexity index is 296. The number of nitrogens with zero attached hydrogens (tertiary/aromatic N) is 1. The average Bonchev–Trinajstić information content (AvgIpc) is 2.82. The van der Waals surface area contributed by atoms with Crippen molar-refractivity contribution in [2.24, 2.45) is 0 Å². The lowest BCUT2D eigenvalue weighted by atomic mass is 10.1. The first-order valence-corrected chi connectivity index (χ1v) is 6.59. The molecule has 4 nitrogen and oxygen atoms in total. The molecule has 1 aromatic heterocycles. The molecule has 0 bridgehead atoms. The van der Waals surface area contributed by atoms with Gasteiger partial charge < -0.3 is 20.5 Å². The molecule has 4 heteroatoms. The van der Waals surface area contributed by atoms with Gasteiger partial charge in [-0.3, -0.25) is 0 Å². The van der Waals surface area contributed by atoms with E-state index in [-0.39, 0.29) is 0 Å². The molecule has 0 aliphatic carbocycles. The standard InChI is InChI=1S/C13H24N4/c1-17-10-9-16-13(11-17)5-8-14-7-4-12-3-2-6-15-12/h2-3,6,13-16H,4-5,7-11H2,1H3. The van der Waals surface area contributed by atoms with Gasteiger partial charge in [-0.15, -0.1) is 0 Å². The zero-order chi connectivity index (χ0) is 11.9. The highest BCUT2D eigenvalue weighted by atomic mass is 15.2. The molecule has 3 N–H and O–H groups in total. The van der Waals surface area contributed by atoms with Crippen LogP contribution in [0.4, 0.5) is 0 Å². The Morgan fingerprint density at radius 1 is 1.47 bits per heavy atom. The SMILES string of the molecule is CN1CCNC(CCNCCc2ccc[nH]2)C1. The van der Waals surface area contributed by atoms with Gasteiger partial charge >= 0.3 is 0 Å². The largest absolute Gasteiger partial charge is 0.365 e. The van der Waals surface area contributed by atoms with Gasteiger partial charge in [-0.2, -0.15) is 0 Å². The maximum Gasteiger partial charge on any atom is 0.0207 e. The molecule has 1 aromatic rings. The van der Waals surface area contributed by atoms with Crippen molar-refractivity contribution < 1.29 is 0 Å². The van der Waals surface area contributed by atoms with E-state index in [0.717, 1.165) is 26.1 Å². The molecule has 2 rings (SSSR count). The molecule has 0 saturated carbocycles. The van der Waals surface area contributed by atoms with Gasteiger partial charge in [-0.05, 0) is 38.6 Å². The summed E-state index contributed by atoms with van der Waals surface area (Å²) in [5.74, 6) is 0. The highest BCUT2D eigenvalue weighted by molar-refractivity contribution is 5.03. The fraction of sp³-hybridized carbons (Fsp3) is 0.692. The third kappa shape index (κ3) is 4.50. The van der Waals surface area contributed by atoms with E-state index in [9.17, 15) is 0 Å². The number of likely N-dealkylation sites (N-methyl/N-ethyl adjacent to an activating group) is 1. The molecule has 1 atom stereocenters. The first kappa shape index (κ1) is 12.6. The Labute approximate surface area is 104 Å². The maximum absolute atomic E-state index is 3.57. The van der Waals surface area contributed by atoms with E-state index >= 15 is 0 Å². The van der Waals surface area contributed by atoms with Gasteiger partial charge in [0.2, 0.25) is 0 Å². The van der Waals surface area contributed by atoms with Crippen molar-refractivity contribution in [1.29, 1.82) is 0 Å². The zero-order valence-corrected chi connectivity index (χ0v) is 10.7. The smallest absolute Gasteiger partial charge is 0.0207 e. The lowest BCUT2D eigenvalue weighted by Crippen LogP contribution is -2.49. The van der Waals surface area contributed by atoms with Crippen LogP contribution in [0.3, 0.4) is 0 Å². The number of hydrogen-bond donors (Lipinski definition) is 3. The van der Waals surface area contributed by atoms with Gasteiger partial charge in [-0.1, -0.05) is 0 Å². The summed E-state index contributed by atoms with van der Waals surface area (Å²) in [6.45, 7) is 5.65. The Morgan fingerprint density at radius 2 is 2.41 bits per heavy atom. The Hall–Kier alpha value is -0.840. The highest BCUT2D eigenvalue weighted by Gasteiger charge is 2.15. The van der Waals surface area contributed by atoms with Crippen molar-refractivity contribution in [2.75, 3.05) is 39.8 Å². The van der Waals surface area contributed by atoms with E-state index < -0.39 is 0 Å². The van der Waals surface area contributed by atoms with Gasteiger partial charge in [0.15, 0.2) is 0 Å². The number of H-pyrrole nitrogens is 1. The van der Waals surface area contributed by atoms with Crippen molar-refractivity contribution >= 4 is 0 Å². The van der Waals surface area contributed by atoms with Crippen molar-refractivity contribution in [3.63, 3.8) is 0 Å². The van der Waals surface area contributed by atoms with Crippen LogP contribution >= 0.6 is 0 Å². The molecule has 1 fully saturated rings. The number of aromatic amines is 1. The molecule has 1 aliphatic rings. The van der Waals surface area contributed by atoms with Gasteiger partial charge in [-0.25, -0.2) is 0 Å². The molecular formula is C13H24N4. The summed E-state index contributed by atoms with van der Waals surface area (Å²) in [4.78, 5) is 5.63. The van der Waals surface area contributed by atoms with E-state index in [1.165, 1.54) is 25.2 Å². The van der Waals surface area contributed by atoms with Crippen LogP contribution in [0.2, 0.25) is 0 Å². The molecule has 2 heterocycles.